The minimum Gasteiger partial charge on any atom is -0.503 e. The van der Waals surface area contributed by atoms with Crippen molar-refractivity contribution in [3.8, 4) is 11.5 Å². The van der Waals surface area contributed by atoms with E-state index in [2.05, 4.69) is 15.9 Å². The van der Waals surface area contributed by atoms with E-state index in [1.807, 2.05) is 13.8 Å². The second kappa shape index (κ2) is 5.34. The highest BCUT2D eigenvalue weighted by molar-refractivity contribution is 9.10. The Morgan fingerprint density at radius 3 is 2.73 bits per heavy atom. The fourth-order valence-corrected chi connectivity index (χ4v) is 1.63. The molecule has 84 valence electrons. The van der Waals surface area contributed by atoms with Gasteiger partial charge in [-0.25, -0.2) is 5.90 Å². The van der Waals surface area contributed by atoms with Crippen LogP contribution in [-0.2, 0) is 4.84 Å². The van der Waals surface area contributed by atoms with Crippen LogP contribution in [0.4, 0.5) is 0 Å². The van der Waals surface area contributed by atoms with Crippen molar-refractivity contribution in [2.45, 2.75) is 20.0 Å². The Hall–Kier alpha value is -0.780. The summed E-state index contributed by atoms with van der Waals surface area (Å²) in [6, 6.07) is 3.45. The van der Waals surface area contributed by atoms with Gasteiger partial charge >= 0.3 is 0 Å². The summed E-state index contributed by atoms with van der Waals surface area (Å²) in [6.45, 7) is 4.15. The summed E-state index contributed by atoms with van der Waals surface area (Å²) in [4.78, 5) is 4.71. The predicted octanol–water partition coefficient (Wildman–Crippen LogP) is 2.50. The molecule has 3 N–H and O–H groups in total. The number of nitrogens with two attached hydrogens (primary N) is 1. The van der Waals surface area contributed by atoms with Crippen LogP contribution in [-0.4, -0.2) is 11.7 Å². The van der Waals surface area contributed by atoms with Gasteiger partial charge in [0.2, 0.25) is 0 Å². The normalized spacial score (nSPS) is 12.5. The van der Waals surface area contributed by atoms with Crippen molar-refractivity contribution >= 4 is 15.9 Å². The summed E-state index contributed by atoms with van der Waals surface area (Å²) in [5.41, 5.74) is 0.839. The molecular weight excluding hydrogens is 262 g/mol. The van der Waals surface area contributed by atoms with Gasteiger partial charge in [-0.1, -0.05) is 0 Å². The zero-order valence-electron chi connectivity index (χ0n) is 8.66. The van der Waals surface area contributed by atoms with Crippen molar-refractivity contribution in [1.82, 2.24) is 0 Å². The van der Waals surface area contributed by atoms with Gasteiger partial charge in [0.25, 0.3) is 0 Å². The number of aromatic hydroxyl groups is 1. The van der Waals surface area contributed by atoms with E-state index in [-0.39, 0.29) is 11.9 Å². The number of hydrogen-bond acceptors (Lipinski definition) is 4. The topological polar surface area (TPSA) is 64.7 Å². The second-order valence-electron chi connectivity index (χ2n) is 3.06. The van der Waals surface area contributed by atoms with Gasteiger partial charge in [0.15, 0.2) is 11.5 Å². The molecule has 0 spiro atoms. The summed E-state index contributed by atoms with van der Waals surface area (Å²) in [6.07, 6.45) is -0.249. The molecule has 4 nitrogen and oxygen atoms in total. The molecule has 1 unspecified atom stereocenters. The Morgan fingerprint density at radius 1 is 1.53 bits per heavy atom. The van der Waals surface area contributed by atoms with Gasteiger partial charge in [-0.3, -0.25) is 4.84 Å². The molecule has 15 heavy (non-hydrogen) atoms. The first kappa shape index (κ1) is 12.3. The lowest BCUT2D eigenvalue weighted by Crippen LogP contribution is -2.06. The van der Waals surface area contributed by atoms with Crippen molar-refractivity contribution in [2.75, 3.05) is 6.61 Å². The molecule has 5 heteroatoms. The molecule has 0 amide bonds. The standard InChI is InChI=1S/C10H14BrNO3/c1-3-14-9-5-7(6(2)15-12)4-8(11)10(9)13/h4-6,13H,3,12H2,1-2H3. The number of hydrogen-bond donors (Lipinski definition) is 2. The maximum Gasteiger partial charge on any atom is 0.172 e. The minimum absolute atomic E-state index is 0.0878. The zero-order chi connectivity index (χ0) is 11.4. The lowest BCUT2D eigenvalue weighted by atomic mass is 10.1. The number of rotatable bonds is 4. The Balaban J connectivity index is 3.11. The molecule has 1 atom stereocenters. The highest BCUT2D eigenvalue weighted by atomic mass is 79.9. The highest BCUT2D eigenvalue weighted by Crippen LogP contribution is 2.37. The van der Waals surface area contributed by atoms with Crippen molar-refractivity contribution in [3.63, 3.8) is 0 Å². The molecule has 0 saturated carbocycles. The number of phenolic OH excluding ortho intramolecular Hbond substituents is 1. The van der Waals surface area contributed by atoms with E-state index in [1.54, 1.807) is 12.1 Å². The first-order chi connectivity index (χ1) is 7.10. The molecule has 1 aromatic rings. The Morgan fingerprint density at radius 2 is 2.20 bits per heavy atom. The van der Waals surface area contributed by atoms with Crippen molar-refractivity contribution in [1.29, 1.82) is 0 Å². The summed E-state index contributed by atoms with van der Waals surface area (Å²) >= 11 is 3.24. The number of benzene rings is 1. The molecular formula is C10H14BrNO3. The third kappa shape index (κ3) is 2.84. The lowest BCUT2D eigenvalue weighted by Gasteiger charge is -2.13. The second-order valence-corrected chi connectivity index (χ2v) is 3.92. The van der Waals surface area contributed by atoms with E-state index in [0.29, 0.717) is 16.8 Å². The molecule has 0 aliphatic rings. The van der Waals surface area contributed by atoms with Crippen LogP contribution in [0.1, 0.15) is 25.5 Å². The van der Waals surface area contributed by atoms with E-state index in [1.165, 1.54) is 0 Å². The molecule has 0 radical (unpaired) electrons. The zero-order valence-corrected chi connectivity index (χ0v) is 10.2. The number of halogens is 1. The van der Waals surface area contributed by atoms with E-state index in [9.17, 15) is 5.11 Å². The largest absolute Gasteiger partial charge is 0.503 e. The smallest absolute Gasteiger partial charge is 0.172 e. The molecule has 1 rings (SSSR count). The van der Waals surface area contributed by atoms with Gasteiger partial charge in [0.1, 0.15) is 6.10 Å². The Labute approximate surface area is 97.1 Å². The first-order valence-electron chi connectivity index (χ1n) is 4.60. The minimum atomic E-state index is -0.249. The lowest BCUT2D eigenvalue weighted by molar-refractivity contribution is 0.0661. The first-order valence-corrected chi connectivity index (χ1v) is 5.40. The van der Waals surface area contributed by atoms with Crippen molar-refractivity contribution in [3.05, 3.63) is 22.2 Å². The van der Waals surface area contributed by atoms with E-state index in [4.69, 9.17) is 15.5 Å². The summed E-state index contributed by atoms with van der Waals surface area (Å²) < 4.78 is 5.84. The fourth-order valence-electron chi connectivity index (χ4n) is 1.17. The molecule has 0 bridgehead atoms. The van der Waals surface area contributed by atoms with Gasteiger partial charge in [-0.05, 0) is 47.5 Å². The van der Waals surface area contributed by atoms with Crippen LogP contribution in [0.25, 0.3) is 0 Å². The molecule has 0 fully saturated rings. The molecule has 1 aromatic carbocycles. The summed E-state index contributed by atoms with van der Waals surface area (Å²) in [7, 11) is 0. The molecule has 0 aliphatic heterocycles. The van der Waals surface area contributed by atoms with Crippen LogP contribution >= 0.6 is 15.9 Å². The molecule has 0 aromatic heterocycles. The quantitative estimate of drug-likeness (QED) is 0.829. The van der Waals surface area contributed by atoms with Crippen LogP contribution < -0.4 is 10.6 Å². The average molecular weight is 276 g/mol. The van der Waals surface area contributed by atoms with Crippen LogP contribution in [0.2, 0.25) is 0 Å². The summed E-state index contributed by atoms with van der Waals surface area (Å²) in [5, 5.41) is 9.66. The number of ether oxygens (including phenoxy) is 1. The van der Waals surface area contributed by atoms with Crippen LogP contribution in [0.3, 0.4) is 0 Å². The third-order valence-electron chi connectivity index (χ3n) is 2.02. The van der Waals surface area contributed by atoms with Crippen LogP contribution in [0.5, 0.6) is 11.5 Å². The van der Waals surface area contributed by atoms with Gasteiger partial charge in [-0.15, -0.1) is 0 Å². The van der Waals surface area contributed by atoms with Crippen molar-refractivity contribution in [2.24, 2.45) is 5.90 Å². The highest BCUT2D eigenvalue weighted by Gasteiger charge is 2.13. The average Bonchev–Trinajstić information content (AvgIpc) is 2.23. The molecule has 0 aliphatic carbocycles. The third-order valence-corrected chi connectivity index (χ3v) is 2.63. The number of phenols is 1. The van der Waals surface area contributed by atoms with Gasteiger partial charge in [0.05, 0.1) is 11.1 Å². The van der Waals surface area contributed by atoms with Crippen LogP contribution in [0.15, 0.2) is 16.6 Å². The van der Waals surface area contributed by atoms with Gasteiger partial charge in [-0.2, -0.15) is 0 Å². The SMILES string of the molecule is CCOc1cc(C(C)ON)cc(Br)c1O. The summed E-state index contributed by atoms with van der Waals surface area (Å²) in [5.74, 6) is 5.61. The van der Waals surface area contributed by atoms with Crippen molar-refractivity contribution < 1.29 is 14.7 Å². The van der Waals surface area contributed by atoms with Gasteiger partial charge < -0.3 is 9.84 Å². The fraction of sp³-hybridized carbons (Fsp3) is 0.400. The molecule has 0 saturated heterocycles. The Bertz CT molecular complexity index is 344. The van der Waals surface area contributed by atoms with Crippen LogP contribution in [0, 0.1) is 0 Å². The van der Waals surface area contributed by atoms with Gasteiger partial charge in [0, 0.05) is 0 Å². The molecule has 0 heterocycles. The predicted molar refractivity (Wildman–Crippen MR) is 60.7 cm³/mol. The maximum absolute atomic E-state index is 9.66. The monoisotopic (exact) mass is 275 g/mol. The van der Waals surface area contributed by atoms with E-state index >= 15 is 0 Å². The Kier molecular flexibility index (Phi) is 4.38. The van der Waals surface area contributed by atoms with E-state index in [0.717, 1.165) is 5.56 Å². The maximum atomic E-state index is 9.66. The van der Waals surface area contributed by atoms with E-state index < -0.39 is 0 Å².